The first-order valence-corrected chi connectivity index (χ1v) is 10.5. The van der Waals surface area contributed by atoms with E-state index in [9.17, 15) is 4.79 Å². The first-order valence-electron chi connectivity index (χ1n) is 10.5. The third-order valence-electron chi connectivity index (χ3n) is 6.71. The molecule has 1 spiro atoms. The summed E-state index contributed by atoms with van der Waals surface area (Å²) in [6.07, 6.45) is 3.39. The first-order chi connectivity index (χ1) is 14.1. The van der Waals surface area contributed by atoms with E-state index >= 15 is 0 Å². The average molecular weight is 462 g/mol. The van der Waals surface area contributed by atoms with Gasteiger partial charge in [0.05, 0.1) is 22.3 Å². The van der Waals surface area contributed by atoms with Crippen molar-refractivity contribution in [3.8, 4) is 11.3 Å². The molecule has 2 aliphatic rings. The van der Waals surface area contributed by atoms with Crippen LogP contribution in [0.2, 0.25) is 0 Å². The lowest BCUT2D eigenvalue weighted by Crippen LogP contribution is -2.44. The summed E-state index contributed by atoms with van der Waals surface area (Å²) >= 11 is 0. The van der Waals surface area contributed by atoms with E-state index in [4.69, 9.17) is 4.98 Å². The van der Waals surface area contributed by atoms with E-state index in [0.29, 0.717) is 5.41 Å². The molecule has 2 aromatic heterocycles. The molecule has 1 aromatic carbocycles. The monoisotopic (exact) mass is 461 g/mol. The number of nitrogens with zero attached hydrogens (tertiary/aromatic N) is 4. The highest BCUT2D eigenvalue weighted by Gasteiger charge is 2.38. The molecule has 1 N–H and O–H groups in total. The lowest BCUT2D eigenvalue weighted by Gasteiger charge is -2.39. The molecule has 0 atom stereocenters. The van der Waals surface area contributed by atoms with Crippen molar-refractivity contribution in [1.29, 1.82) is 0 Å². The van der Waals surface area contributed by atoms with Crippen molar-refractivity contribution in [3.63, 3.8) is 0 Å². The zero-order chi connectivity index (χ0) is 20.0. The van der Waals surface area contributed by atoms with Crippen LogP contribution in [0.3, 0.4) is 0 Å². The molecule has 0 saturated carbocycles. The smallest absolute Gasteiger partial charge is 0.254 e. The van der Waals surface area contributed by atoms with Crippen LogP contribution in [0.4, 0.5) is 0 Å². The third-order valence-corrected chi connectivity index (χ3v) is 6.71. The van der Waals surface area contributed by atoms with Crippen LogP contribution >= 0.6 is 24.8 Å². The van der Waals surface area contributed by atoms with Gasteiger partial charge in [-0.1, -0.05) is 30.3 Å². The molecule has 5 rings (SSSR count). The minimum atomic E-state index is 0. The summed E-state index contributed by atoms with van der Waals surface area (Å²) in [5.74, 6) is 0.103. The Bertz CT molecular complexity index is 1070. The number of likely N-dealkylation sites (tertiary alicyclic amines) is 1. The molecule has 0 unspecified atom stereocenters. The van der Waals surface area contributed by atoms with Crippen LogP contribution < -0.4 is 5.32 Å². The molecule has 3 aromatic rings. The van der Waals surface area contributed by atoms with Gasteiger partial charge in [0.25, 0.3) is 5.91 Å². The van der Waals surface area contributed by atoms with E-state index in [0.717, 1.165) is 72.6 Å². The fraction of sp³-hybridized carbons (Fsp3) is 0.435. The molecule has 8 heteroatoms. The summed E-state index contributed by atoms with van der Waals surface area (Å²) in [6.45, 7) is 5.80. The summed E-state index contributed by atoms with van der Waals surface area (Å²) in [5, 5.41) is 8.92. The molecule has 0 aliphatic carbocycles. The Hall–Kier alpha value is -2.15. The van der Waals surface area contributed by atoms with E-state index in [1.807, 2.05) is 55.3 Å². The van der Waals surface area contributed by atoms with Crippen LogP contribution in [0.5, 0.6) is 0 Å². The summed E-state index contributed by atoms with van der Waals surface area (Å²) in [5.41, 5.74) is 4.56. The van der Waals surface area contributed by atoms with Crippen molar-refractivity contribution in [1.82, 2.24) is 25.0 Å². The second kappa shape index (κ2) is 9.15. The molecule has 0 radical (unpaired) electrons. The minimum absolute atomic E-state index is 0. The van der Waals surface area contributed by atoms with Crippen molar-refractivity contribution < 1.29 is 4.79 Å². The van der Waals surface area contributed by atoms with Crippen molar-refractivity contribution in [3.05, 3.63) is 47.7 Å². The van der Waals surface area contributed by atoms with Gasteiger partial charge in [0.1, 0.15) is 0 Å². The first kappa shape index (κ1) is 23.5. The molecule has 2 aliphatic heterocycles. The fourth-order valence-corrected chi connectivity index (χ4v) is 4.95. The van der Waals surface area contributed by atoms with Gasteiger partial charge in [0.2, 0.25) is 0 Å². The zero-order valence-corrected chi connectivity index (χ0v) is 19.6. The number of carbonyl (C=O) groups excluding carboxylic acids is 1. The number of halogens is 2. The Balaban J connectivity index is 0.00000136. The number of piperidine rings is 1. The van der Waals surface area contributed by atoms with Gasteiger partial charge in [-0.3, -0.25) is 9.48 Å². The quantitative estimate of drug-likeness (QED) is 0.626. The largest absolute Gasteiger partial charge is 0.339 e. The number of benzene rings is 1. The molecule has 4 heterocycles. The van der Waals surface area contributed by atoms with Crippen molar-refractivity contribution in [2.45, 2.75) is 26.2 Å². The Morgan fingerprint density at radius 2 is 1.81 bits per heavy atom. The summed E-state index contributed by atoms with van der Waals surface area (Å²) < 4.78 is 1.78. The van der Waals surface area contributed by atoms with E-state index < -0.39 is 0 Å². The van der Waals surface area contributed by atoms with Crippen molar-refractivity contribution in [2.24, 2.45) is 12.5 Å². The van der Waals surface area contributed by atoms with Crippen LogP contribution in [0.15, 0.2) is 36.4 Å². The maximum atomic E-state index is 13.6. The number of hydrogen-bond acceptors (Lipinski definition) is 4. The Morgan fingerprint density at radius 1 is 1.10 bits per heavy atom. The van der Waals surface area contributed by atoms with Crippen molar-refractivity contribution in [2.75, 3.05) is 26.2 Å². The number of nitrogens with one attached hydrogen (secondary N) is 1. The Kier molecular flexibility index (Phi) is 6.94. The molecular weight excluding hydrogens is 433 g/mol. The van der Waals surface area contributed by atoms with Gasteiger partial charge < -0.3 is 10.2 Å². The van der Waals surface area contributed by atoms with E-state index in [-0.39, 0.29) is 30.7 Å². The molecule has 2 fully saturated rings. The molecule has 0 bridgehead atoms. The number of amides is 1. The van der Waals surface area contributed by atoms with Crippen molar-refractivity contribution >= 4 is 41.8 Å². The lowest BCUT2D eigenvalue weighted by molar-refractivity contribution is 0.0609. The number of pyridine rings is 1. The summed E-state index contributed by atoms with van der Waals surface area (Å²) in [4.78, 5) is 20.5. The standard InChI is InChI=1S/C23H27N5O.2ClH/c1-16-20-18(22(29)28-12-9-23(10-13-28)8-11-24-15-23)14-19(17-6-4-3-5-7-17)25-21(20)27(2)26-16;;/h3-7,14,24H,8-13,15H2,1-2H3;2*1H. The highest BCUT2D eigenvalue weighted by atomic mass is 35.5. The molecule has 2 saturated heterocycles. The number of rotatable bonds is 2. The maximum Gasteiger partial charge on any atom is 0.254 e. The van der Waals surface area contributed by atoms with E-state index in [1.165, 1.54) is 6.42 Å². The van der Waals surface area contributed by atoms with E-state index in [2.05, 4.69) is 10.4 Å². The molecule has 6 nitrogen and oxygen atoms in total. The van der Waals surface area contributed by atoms with E-state index in [1.54, 1.807) is 4.68 Å². The topological polar surface area (TPSA) is 63.1 Å². The van der Waals surface area contributed by atoms with Gasteiger partial charge in [-0.05, 0) is 44.2 Å². The third kappa shape index (κ3) is 4.16. The van der Waals surface area contributed by atoms with Gasteiger partial charge in [-0.25, -0.2) is 4.98 Å². The second-order valence-corrected chi connectivity index (χ2v) is 8.55. The van der Waals surface area contributed by atoms with Crippen LogP contribution in [0, 0.1) is 12.3 Å². The number of hydrogen-bond donors (Lipinski definition) is 1. The predicted octanol–water partition coefficient (Wildman–Crippen LogP) is 4.00. The highest BCUT2D eigenvalue weighted by Crippen LogP contribution is 2.38. The molecule has 31 heavy (non-hydrogen) atoms. The maximum absolute atomic E-state index is 13.6. The average Bonchev–Trinajstić information content (AvgIpc) is 3.32. The van der Waals surface area contributed by atoms with Gasteiger partial charge >= 0.3 is 0 Å². The van der Waals surface area contributed by atoms with Crippen LogP contribution in [0.1, 0.15) is 35.3 Å². The normalized spacial score (nSPS) is 17.4. The number of fused-ring (bicyclic) bond motifs is 1. The lowest BCUT2D eigenvalue weighted by atomic mass is 9.77. The summed E-state index contributed by atoms with van der Waals surface area (Å²) in [7, 11) is 1.89. The molecule has 1 amide bonds. The fourth-order valence-electron chi connectivity index (χ4n) is 4.95. The molecule has 166 valence electrons. The Labute approximate surface area is 195 Å². The number of aromatic nitrogens is 3. The minimum Gasteiger partial charge on any atom is -0.339 e. The van der Waals surface area contributed by atoms with Gasteiger partial charge in [-0.15, -0.1) is 24.8 Å². The highest BCUT2D eigenvalue weighted by molar-refractivity contribution is 6.07. The van der Waals surface area contributed by atoms with Crippen LogP contribution in [0.25, 0.3) is 22.3 Å². The second-order valence-electron chi connectivity index (χ2n) is 8.55. The predicted molar refractivity (Wildman–Crippen MR) is 128 cm³/mol. The van der Waals surface area contributed by atoms with Gasteiger partial charge in [0.15, 0.2) is 5.65 Å². The SMILES string of the molecule is Cc1nn(C)c2nc(-c3ccccc3)cc(C(=O)N3CCC4(CCNC4)CC3)c12.Cl.Cl. The number of carbonyl (C=O) groups is 1. The number of aryl methyl sites for hydroxylation is 2. The van der Waals surface area contributed by atoms with Gasteiger partial charge in [-0.2, -0.15) is 5.10 Å². The van der Waals surface area contributed by atoms with Gasteiger partial charge in [0, 0.05) is 32.2 Å². The van der Waals surface area contributed by atoms with Crippen LogP contribution in [-0.4, -0.2) is 51.8 Å². The van der Waals surface area contributed by atoms with Crippen LogP contribution in [-0.2, 0) is 7.05 Å². The zero-order valence-electron chi connectivity index (χ0n) is 17.9. The molecular formula is C23H29Cl2N5O. The summed E-state index contributed by atoms with van der Waals surface area (Å²) in [6, 6.07) is 12.0. The Morgan fingerprint density at radius 3 is 2.45 bits per heavy atom.